The van der Waals surface area contributed by atoms with Crippen molar-refractivity contribution >= 4 is 17.6 Å². The lowest BCUT2D eigenvalue weighted by Crippen LogP contribution is -1.98. The van der Waals surface area contributed by atoms with Gasteiger partial charge in [-0.15, -0.1) is 0 Å². The van der Waals surface area contributed by atoms with Crippen LogP contribution in [0.2, 0.25) is 0 Å². The Hall–Kier alpha value is -2.69. The van der Waals surface area contributed by atoms with E-state index in [4.69, 9.17) is 0 Å². The largest absolute Gasteiger partial charge is 0.506 e. The fourth-order valence-electron chi connectivity index (χ4n) is 2.00. The highest BCUT2D eigenvalue weighted by Gasteiger charge is 2.16. The molecule has 0 amide bonds. The van der Waals surface area contributed by atoms with Crippen LogP contribution in [0.15, 0.2) is 47.5 Å². The lowest BCUT2D eigenvalue weighted by atomic mass is 9.99. The van der Waals surface area contributed by atoms with Crippen LogP contribution in [0.5, 0.6) is 5.75 Å². The number of para-hydroxylation sites is 2. The second-order valence-corrected chi connectivity index (χ2v) is 4.98. The summed E-state index contributed by atoms with van der Waals surface area (Å²) in [5, 5.41) is 20.8. The molecule has 0 saturated heterocycles. The van der Waals surface area contributed by atoms with E-state index in [9.17, 15) is 15.2 Å². The van der Waals surface area contributed by atoms with Crippen LogP contribution >= 0.6 is 0 Å². The van der Waals surface area contributed by atoms with Gasteiger partial charge in [0.1, 0.15) is 11.4 Å². The standard InChI is InChI=1S/C16H16N2O3/c1-11(2)13-8-7-12(9-15(13)18(20)21)10-17-14-5-3-4-6-16(14)19/h3-11,19H,1-2H3. The summed E-state index contributed by atoms with van der Waals surface area (Å²) in [6, 6.07) is 11.7. The van der Waals surface area contributed by atoms with Crippen LogP contribution in [-0.4, -0.2) is 16.2 Å². The number of rotatable bonds is 4. The van der Waals surface area contributed by atoms with Crippen LogP contribution in [0.25, 0.3) is 0 Å². The molecule has 0 aliphatic rings. The topological polar surface area (TPSA) is 75.7 Å². The number of phenolic OH excluding ortho intramolecular Hbond substituents is 1. The minimum absolute atomic E-state index is 0.0713. The molecule has 0 aromatic heterocycles. The molecule has 0 aliphatic heterocycles. The first kappa shape index (κ1) is 14.7. The quantitative estimate of drug-likeness (QED) is 0.520. The second-order valence-electron chi connectivity index (χ2n) is 4.98. The summed E-state index contributed by atoms with van der Waals surface area (Å²) in [5.74, 6) is 0.150. The summed E-state index contributed by atoms with van der Waals surface area (Å²) in [6.07, 6.45) is 1.51. The minimum atomic E-state index is -0.382. The molecule has 0 bridgehead atoms. The average molecular weight is 284 g/mol. The molecule has 0 heterocycles. The second kappa shape index (κ2) is 6.17. The maximum absolute atomic E-state index is 11.1. The molecule has 0 atom stereocenters. The molecule has 2 rings (SSSR count). The van der Waals surface area contributed by atoms with E-state index in [1.165, 1.54) is 18.3 Å². The molecule has 2 aromatic rings. The van der Waals surface area contributed by atoms with E-state index in [1.807, 2.05) is 13.8 Å². The van der Waals surface area contributed by atoms with Gasteiger partial charge in [0.15, 0.2) is 0 Å². The summed E-state index contributed by atoms with van der Waals surface area (Å²) >= 11 is 0. The first-order valence-corrected chi connectivity index (χ1v) is 6.59. The summed E-state index contributed by atoms with van der Waals surface area (Å²) in [5.41, 5.74) is 1.83. The Bertz CT molecular complexity index is 694. The van der Waals surface area contributed by atoms with Crippen LogP contribution in [0.3, 0.4) is 0 Å². The van der Waals surface area contributed by atoms with Gasteiger partial charge in [-0.05, 0) is 23.6 Å². The number of aromatic hydroxyl groups is 1. The Morgan fingerprint density at radius 1 is 1.24 bits per heavy atom. The molecule has 0 saturated carbocycles. The Labute approximate surface area is 122 Å². The summed E-state index contributed by atoms with van der Waals surface area (Å²) in [7, 11) is 0. The monoisotopic (exact) mass is 284 g/mol. The van der Waals surface area contributed by atoms with E-state index < -0.39 is 0 Å². The third-order valence-electron chi connectivity index (χ3n) is 3.11. The van der Waals surface area contributed by atoms with Gasteiger partial charge in [-0.2, -0.15) is 0 Å². The third-order valence-corrected chi connectivity index (χ3v) is 3.11. The summed E-state index contributed by atoms with van der Waals surface area (Å²) in [4.78, 5) is 14.9. The van der Waals surface area contributed by atoms with Crippen LogP contribution < -0.4 is 0 Å². The van der Waals surface area contributed by atoms with Crippen molar-refractivity contribution in [2.45, 2.75) is 19.8 Å². The average Bonchev–Trinajstić information content (AvgIpc) is 2.46. The molecule has 21 heavy (non-hydrogen) atoms. The zero-order valence-corrected chi connectivity index (χ0v) is 11.9. The number of nitro benzene ring substituents is 1. The SMILES string of the molecule is CC(C)c1ccc(C=Nc2ccccc2O)cc1[N+](=O)[O-]. The first-order valence-electron chi connectivity index (χ1n) is 6.59. The van der Waals surface area contributed by atoms with E-state index in [0.717, 1.165) is 0 Å². The van der Waals surface area contributed by atoms with Crippen molar-refractivity contribution in [3.05, 3.63) is 63.7 Å². The molecule has 5 nitrogen and oxygen atoms in total. The van der Waals surface area contributed by atoms with Gasteiger partial charge >= 0.3 is 0 Å². The van der Waals surface area contributed by atoms with E-state index in [0.29, 0.717) is 16.8 Å². The summed E-state index contributed by atoms with van der Waals surface area (Å²) < 4.78 is 0. The molecule has 0 unspecified atom stereocenters. The molecule has 0 aliphatic carbocycles. The van der Waals surface area contributed by atoms with Crippen molar-refractivity contribution in [2.75, 3.05) is 0 Å². The van der Waals surface area contributed by atoms with Crippen molar-refractivity contribution in [2.24, 2.45) is 4.99 Å². The van der Waals surface area contributed by atoms with Gasteiger partial charge in [-0.25, -0.2) is 0 Å². The predicted octanol–water partition coefficient (Wildman–Crippen LogP) is 4.17. The minimum Gasteiger partial charge on any atom is -0.506 e. The molecular weight excluding hydrogens is 268 g/mol. The van der Waals surface area contributed by atoms with Gasteiger partial charge in [0.05, 0.1) is 4.92 Å². The van der Waals surface area contributed by atoms with Gasteiger partial charge < -0.3 is 5.11 Å². The van der Waals surface area contributed by atoms with Crippen molar-refractivity contribution in [3.63, 3.8) is 0 Å². The third kappa shape index (κ3) is 3.45. The van der Waals surface area contributed by atoms with Crippen LogP contribution in [0, 0.1) is 10.1 Å². The Kier molecular flexibility index (Phi) is 4.33. The van der Waals surface area contributed by atoms with Gasteiger partial charge in [-0.3, -0.25) is 15.1 Å². The number of nitro groups is 1. The van der Waals surface area contributed by atoms with Gasteiger partial charge in [0.2, 0.25) is 0 Å². The zero-order chi connectivity index (χ0) is 15.4. The van der Waals surface area contributed by atoms with Crippen molar-refractivity contribution in [3.8, 4) is 5.75 Å². The highest BCUT2D eigenvalue weighted by molar-refractivity contribution is 5.84. The lowest BCUT2D eigenvalue weighted by molar-refractivity contribution is -0.385. The first-order chi connectivity index (χ1) is 9.99. The molecule has 0 radical (unpaired) electrons. The molecule has 108 valence electrons. The van der Waals surface area contributed by atoms with Gasteiger partial charge in [0, 0.05) is 17.8 Å². The maximum Gasteiger partial charge on any atom is 0.273 e. The van der Waals surface area contributed by atoms with Crippen molar-refractivity contribution in [1.29, 1.82) is 0 Å². The highest BCUT2D eigenvalue weighted by atomic mass is 16.6. The molecular formula is C16H16N2O3. The zero-order valence-electron chi connectivity index (χ0n) is 11.9. The van der Waals surface area contributed by atoms with Crippen molar-refractivity contribution in [1.82, 2.24) is 0 Å². The fraction of sp³-hybridized carbons (Fsp3) is 0.188. The molecule has 0 spiro atoms. The molecule has 2 aromatic carbocycles. The number of phenols is 1. The van der Waals surface area contributed by atoms with Gasteiger partial charge in [0.25, 0.3) is 5.69 Å². The molecule has 5 heteroatoms. The van der Waals surface area contributed by atoms with Crippen LogP contribution in [0.4, 0.5) is 11.4 Å². The predicted molar refractivity (Wildman–Crippen MR) is 82.5 cm³/mol. The number of aliphatic imine (C=N–C) groups is 1. The number of hydrogen-bond acceptors (Lipinski definition) is 4. The Morgan fingerprint density at radius 3 is 2.57 bits per heavy atom. The fourth-order valence-corrected chi connectivity index (χ4v) is 2.00. The number of hydrogen-bond donors (Lipinski definition) is 1. The smallest absolute Gasteiger partial charge is 0.273 e. The van der Waals surface area contributed by atoms with Crippen LogP contribution in [-0.2, 0) is 0 Å². The Morgan fingerprint density at radius 2 is 1.95 bits per heavy atom. The number of benzene rings is 2. The summed E-state index contributed by atoms with van der Waals surface area (Å²) in [6.45, 7) is 3.83. The van der Waals surface area contributed by atoms with Crippen LogP contribution in [0.1, 0.15) is 30.9 Å². The van der Waals surface area contributed by atoms with Crippen molar-refractivity contribution < 1.29 is 10.0 Å². The van der Waals surface area contributed by atoms with E-state index >= 15 is 0 Å². The van der Waals surface area contributed by atoms with E-state index in [-0.39, 0.29) is 22.3 Å². The molecule has 0 fully saturated rings. The van der Waals surface area contributed by atoms with Gasteiger partial charge in [-0.1, -0.05) is 38.1 Å². The lowest BCUT2D eigenvalue weighted by Gasteiger charge is -2.06. The maximum atomic E-state index is 11.1. The normalized spacial score (nSPS) is 11.2. The Balaban J connectivity index is 2.36. The number of nitrogens with zero attached hydrogens (tertiary/aromatic N) is 2. The van der Waals surface area contributed by atoms with E-state index in [2.05, 4.69) is 4.99 Å². The highest BCUT2D eigenvalue weighted by Crippen LogP contribution is 2.28. The molecule has 1 N–H and O–H groups in total. The van der Waals surface area contributed by atoms with E-state index in [1.54, 1.807) is 30.3 Å².